The number of hydrogen-bond acceptors (Lipinski definition) is 3. The van der Waals surface area contributed by atoms with Crippen molar-refractivity contribution < 1.29 is 0 Å². The molecule has 0 saturated heterocycles. The van der Waals surface area contributed by atoms with Gasteiger partial charge in [0.1, 0.15) is 10.2 Å². The van der Waals surface area contributed by atoms with Gasteiger partial charge < -0.3 is 4.98 Å². The van der Waals surface area contributed by atoms with Crippen molar-refractivity contribution in [3.63, 3.8) is 0 Å². The zero-order chi connectivity index (χ0) is 13.4. The van der Waals surface area contributed by atoms with Crippen molar-refractivity contribution in [3.8, 4) is 11.5 Å². The third-order valence-corrected chi connectivity index (χ3v) is 4.35. The molecule has 2 aromatic rings. The number of halogens is 1. The summed E-state index contributed by atoms with van der Waals surface area (Å²) in [4.78, 5) is 19.4. The molecule has 0 amide bonds. The number of aromatic nitrogens is 4. The molecule has 5 nitrogen and oxygen atoms in total. The summed E-state index contributed by atoms with van der Waals surface area (Å²) in [6.07, 6.45) is 6.48. The summed E-state index contributed by atoms with van der Waals surface area (Å²) >= 11 is 3.37. The van der Waals surface area contributed by atoms with Gasteiger partial charge in [0.25, 0.3) is 5.56 Å². The van der Waals surface area contributed by atoms with Crippen LogP contribution in [-0.2, 0) is 7.05 Å². The van der Waals surface area contributed by atoms with Gasteiger partial charge in [-0.25, -0.2) is 4.98 Å². The second-order valence-corrected chi connectivity index (χ2v) is 5.76. The molecule has 1 saturated carbocycles. The summed E-state index contributed by atoms with van der Waals surface area (Å²) in [5.74, 6) is 0.940. The van der Waals surface area contributed by atoms with E-state index in [1.807, 2.05) is 19.3 Å². The molecule has 3 rings (SSSR count). The minimum atomic E-state index is -0.127. The summed E-state index contributed by atoms with van der Waals surface area (Å²) in [5, 5.41) is 4.29. The second-order valence-electron chi connectivity index (χ2n) is 4.97. The van der Waals surface area contributed by atoms with Gasteiger partial charge in [0, 0.05) is 19.2 Å². The van der Waals surface area contributed by atoms with Crippen LogP contribution >= 0.6 is 15.9 Å². The highest BCUT2D eigenvalue weighted by Gasteiger charge is 2.23. The Kier molecular flexibility index (Phi) is 3.26. The van der Waals surface area contributed by atoms with Gasteiger partial charge in [0.15, 0.2) is 5.82 Å². The standard InChI is InChI=1S/C13H15BrN4O/c1-18-7-6-9(17-18)12-15-11(8-4-2-3-5-8)10(14)13(19)16-12/h6-8H,2-5H2,1H3,(H,15,16,19). The maximum Gasteiger partial charge on any atom is 0.265 e. The molecule has 6 heteroatoms. The molecule has 19 heavy (non-hydrogen) atoms. The number of nitrogens with one attached hydrogen (secondary N) is 1. The molecule has 1 N–H and O–H groups in total. The van der Waals surface area contributed by atoms with Gasteiger partial charge in [-0.15, -0.1) is 0 Å². The molecule has 0 radical (unpaired) electrons. The van der Waals surface area contributed by atoms with Crippen LogP contribution in [-0.4, -0.2) is 19.7 Å². The maximum absolute atomic E-state index is 12.0. The molecular formula is C13H15BrN4O. The minimum absolute atomic E-state index is 0.127. The van der Waals surface area contributed by atoms with Gasteiger partial charge in [-0.05, 0) is 34.8 Å². The lowest BCUT2D eigenvalue weighted by Gasteiger charge is -2.11. The first-order valence-electron chi connectivity index (χ1n) is 6.45. The summed E-state index contributed by atoms with van der Waals surface area (Å²) in [7, 11) is 1.85. The molecule has 0 atom stereocenters. The summed E-state index contributed by atoms with van der Waals surface area (Å²) in [6.45, 7) is 0. The van der Waals surface area contributed by atoms with E-state index in [2.05, 4.69) is 31.0 Å². The minimum Gasteiger partial charge on any atom is -0.304 e. The van der Waals surface area contributed by atoms with E-state index < -0.39 is 0 Å². The van der Waals surface area contributed by atoms with E-state index in [4.69, 9.17) is 0 Å². The van der Waals surface area contributed by atoms with Gasteiger partial charge in [0.2, 0.25) is 0 Å². The molecule has 1 aliphatic carbocycles. The third kappa shape index (κ3) is 2.36. The van der Waals surface area contributed by atoms with Crippen LogP contribution in [0.3, 0.4) is 0 Å². The van der Waals surface area contributed by atoms with Crippen molar-refractivity contribution in [1.29, 1.82) is 0 Å². The van der Waals surface area contributed by atoms with Crippen LogP contribution in [0.2, 0.25) is 0 Å². The maximum atomic E-state index is 12.0. The molecule has 1 aliphatic rings. The third-order valence-electron chi connectivity index (χ3n) is 3.59. The van der Waals surface area contributed by atoms with E-state index >= 15 is 0 Å². The second kappa shape index (κ2) is 4.92. The monoisotopic (exact) mass is 322 g/mol. The van der Waals surface area contributed by atoms with Gasteiger partial charge in [-0.2, -0.15) is 5.10 Å². The molecule has 100 valence electrons. The molecular weight excluding hydrogens is 308 g/mol. The quantitative estimate of drug-likeness (QED) is 0.924. The highest BCUT2D eigenvalue weighted by molar-refractivity contribution is 9.10. The van der Waals surface area contributed by atoms with E-state index in [1.54, 1.807) is 4.68 Å². The lowest BCUT2D eigenvalue weighted by molar-refractivity contribution is 0.687. The molecule has 0 unspecified atom stereocenters. The lowest BCUT2D eigenvalue weighted by Crippen LogP contribution is -2.15. The summed E-state index contributed by atoms with van der Waals surface area (Å²) < 4.78 is 2.27. The number of aromatic amines is 1. The average molecular weight is 323 g/mol. The van der Waals surface area contributed by atoms with Crippen LogP contribution in [0.1, 0.15) is 37.3 Å². The van der Waals surface area contributed by atoms with Crippen LogP contribution in [0, 0.1) is 0 Å². The first kappa shape index (κ1) is 12.6. The van der Waals surface area contributed by atoms with E-state index in [9.17, 15) is 4.79 Å². The Hall–Kier alpha value is -1.43. The topological polar surface area (TPSA) is 63.6 Å². The van der Waals surface area contributed by atoms with Crippen molar-refractivity contribution in [2.75, 3.05) is 0 Å². The van der Waals surface area contributed by atoms with E-state index in [-0.39, 0.29) is 5.56 Å². The van der Waals surface area contributed by atoms with Crippen LogP contribution < -0.4 is 5.56 Å². The van der Waals surface area contributed by atoms with E-state index in [1.165, 1.54) is 12.8 Å². The predicted molar refractivity (Wildman–Crippen MR) is 76.0 cm³/mol. The number of hydrogen-bond donors (Lipinski definition) is 1. The predicted octanol–water partition coefficient (Wildman–Crippen LogP) is 2.59. The normalized spacial score (nSPS) is 16.1. The molecule has 0 spiro atoms. The molecule has 0 bridgehead atoms. The molecule has 0 aliphatic heterocycles. The smallest absolute Gasteiger partial charge is 0.265 e. The van der Waals surface area contributed by atoms with Crippen LogP contribution in [0.5, 0.6) is 0 Å². The fourth-order valence-corrected chi connectivity index (χ4v) is 3.12. The van der Waals surface area contributed by atoms with Crippen molar-refractivity contribution >= 4 is 15.9 Å². The zero-order valence-electron chi connectivity index (χ0n) is 10.7. The van der Waals surface area contributed by atoms with Crippen molar-refractivity contribution in [2.24, 2.45) is 7.05 Å². The van der Waals surface area contributed by atoms with Crippen molar-refractivity contribution in [2.45, 2.75) is 31.6 Å². The lowest BCUT2D eigenvalue weighted by atomic mass is 10.0. The van der Waals surface area contributed by atoms with Gasteiger partial charge in [-0.3, -0.25) is 9.48 Å². The SMILES string of the molecule is Cn1ccc(-c2nc(C3CCCC3)c(Br)c(=O)[nH]2)n1. The molecule has 2 heterocycles. The summed E-state index contributed by atoms with van der Waals surface area (Å²) in [5.41, 5.74) is 1.45. The number of nitrogens with zero attached hydrogens (tertiary/aromatic N) is 3. The Labute approximate surface area is 119 Å². The number of rotatable bonds is 2. The highest BCUT2D eigenvalue weighted by Crippen LogP contribution is 2.35. The molecule has 2 aromatic heterocycles. The number of H-pyrrole nitrogens is 1. The van der Waals surface area contributed by atoms with Crippen LogP contribution in [0.15, 0.2) is 21.5 Å². The Balaban J connectivity index is 2.09. The van der Waals surface area contributed by atoms with Gasteiger partial charge in [-0.1, -0.05) is 12.8 Å². The largest absolute Gasteiger partial charge is 0.304 e. The fourth-order valence-electron chi connectivity index (χ4n) is 2.61. The summed E-state index contributed by atoms with van der Waals surface area (Å²) in [6, 6.07) is 1.85. The average Bonchev–Trinajstić information content (AvgIpc) is 3.03. The van der Waals surface area contributed by atoms with E-state index in [0.29, 0.717) is 21.9 Å². The molecule has 0 aromatic carbocycles. The first-order chi connectivity index (χ1) is 9.15. The fraction of sp³-hybridized carbons (Fsp3) is 0.462. The highest BCUT2D eigenvalue weighted by atomic mass is 79.9. The van der Waals surface area contributed by atoms with E-state index in [0.717, 1.165) is 18.5 Å². The Morgan fingerprint density at radius 3 is 2.79 bits per heavy atom. The van der Waals surface area contributed by atoms with Crippen LogP contribution in [0.25, 0.3) is 11.5 Å². The van der Waals surface area contributed by atoms with Crippen molar-refractivity contribution in [1.82, 2.24) is 19.7 Å². The molecule has 1 fully saturated rings. The zero-order valence-corrected chi connectivity index (χ0v) is 12.3. The van der Waals surface area contributed by atoms with Crippen LogP contribution in [0.4, 0.5) is 0 Å². The number of aryl methyl sites for hydroxylation is 1. The van der Waals surface area contributed by atoms with Gasteiger partial charge >= 0.3 is 0 Å². The Morgan fingerprint density at radius 2 is 2.16 bits per heavy atom. The van der Waals surface area contributed by atoms with Gasteiger partial charge in [0.05, 0.1) is 5.69 Å². The Bertz CT molecular complexity index is 655. The van der Waals surface area contributed by atoms with Crippen molar-refractivity contribution in [3.05, 3.63) is 32.8 Å². The Morgan fingerprint density at radius 1 is 1.42 bits per heavy atom. The first-order valence-corrected chi connectivity index (χ1v) is 7.24.